The molecular formula is C27H32ClN3O4. The lowest BCUT2D eigenvalue weighted by molar-refractivity contribution is -0.144. The van der Waals surface area contributed by atoms with Gasteiger partial charge in [0.05, 0.1) is 25.5 Å². The van der Waals surface area contributed by atoms with E-state index < -0.39 is 0 Å². The lowest BCUT2D eigenvalue weighted by atomic mass is 9.98. The SMILES string of the molecule is COCCN(CC(=O)N1N=C(c2ccccc2Cl)C[C@@H]1c1ccc(OC)cc1)C(=O)C1CCCC1. The minimum Gasteiger partial charge on any atom is -0.497 e. The second-order valence-electron chi connectivity index (χ2n) is 8.99. The second kappa shape index (κ2) is 11.7. The van der Waals surface area contributed by atoms with Gasteiger partial charge in [-0.15, -0.1) is 0 Å². The Balaban J connectivity index is 1.61. The fraction of sp³-hybridized carbons (Fsp3) is 0.444. The first-order chi connectivity index (χ1) is 17.0. The normalized spacial score (nSPS) is 18.0. The number of hydrazone groups is 1. The third-order valence-electron chi connectivity index (χ3n) is 6.76. The Hall–Kier alpha value is -2.90. The number of hydrogen-bond donors (Lipinski definition) is 0. The van der Waals surface area contributed by atoms with Crippen molar-refractivity contribution in [3.8, 4) is 5.75 Å². The third-order valence-corrected chi connectivity index (χ3v) is 7.09. The van der Waals surface area contributed by atoms with Gasteiger partial charge < -0.3 is 14.4 Å². The van der Waals surface area contributed by atoms with Crippen molar-refractivity contribution in [1.82, 2.24) is 9.91 Å². The maximum atomic E-state index is 13.6. The zero-order chi connectivity index (χ0) is 24.8. The molecule has 2 aliphatic rings. The maximum Gasteiger partial charge on any atom is 0.262 e. The summed E-state index contributed by atoms with van der Waals surface area (Å²) in [5, 5.41) is 6.83. The molecule has 7 nitrogen and oxygen atoms in total. The van der Waals surface area contributed by atoms with Gasteiger partial charge in [-0.1, -0.05) is 54.8 Å². The van der Waals surface area contributed by atoms with Gasteiger partial charge in [-0.2, -0.15) is 5.10 Å². The maximum absolute atomic E-state index is 13.6. The topological polar surface area (TPSA) is 71.4 Å². The average Bonchev–Trinajstić information content (AvgIpc) is 3.57. The molecule has 2 amide bonds. The number of benzene rings is 2. The van der Waals surface area contributed by atoms with E-state index in [1.165, 1.54) is 5.01 Å². The van der Waals surface area contributed by atoms with Crippen LogP contribution in [-0.4, -0.2) is 61.4 Å². The average molecular weight is 498 g/mol. The van der Waals surface area contributed by atoms with Crippen molar-refractivity contribution in [3.63, 3.8) is 0 Å². The van der Waals surface area contributed by atoms with Crippen LogP contribution in [0.2, 0.25) is 5.02 Å². The van der Waals surface area contributed by atoms with E-state index in [1.54, 1.807) is 19.1 Å². The van der Waals surface area contributed by atoms with Gasteiger partial charge >= 0.3 is 0 Å². The van der Waals surface area contributed by atoms with Crippen molar-refractivity contribution >= 4 is 29.1 Å². The van der Waals surface area contributed by atoms with Crippen molar-refractivity contribution in [2.24, 2.45) is 11.0 Å². The molecule has 186 valence electrons. The van der Waals surface area contributed by atoms with Gasteiger partial charge in [0.1, 0.15) is 12.3 Å². The van der Waals surface area contributed by atoms with Crippen LogP contribution in [0.25, 0.3) is 0 Å². The molecule has 0 spiro atoms. The summed E-state index contributed by atoms with van der Waals surface area (Å²) >= 11 is 6.45. The van der Waals surface area contributed by atoms with Crippen LogP contribution in [0.3, 0.4) is 0 Å². The summed E-state index contributed by atoms with van der Waals surface area (Å²) < 4.78 is 10.5. The van der Waals surface area contributed by atoms with Crippen LogP contribution >= 0.6 is 11.6 Å². The standard InChI is InChI=1S/C27H32ClN3O4/c1-34-16-15-30(27(33)20-7-3-4-8-20)18-26(32)31-25(19-11-13-21(35-2)14-12-19)17-24(29-31)22-9-5-6-10-23(22)28/h5-6,9-14,20,25H,3-4,7-8,15-18H2,1-2H3/t25-/m1/s1. The van der Waals surface area contributed by atoms with Crippen LogP contribution < -0.4 is 4.74 Å². The van der Waals surface area contributed by atoms with Gasteiger partial charge in [-0.05, 0) is 36.6 Å². The number of carbonyl (C=O) groups excluding carboxylic acids is 2. The molecule has 1 saturated carbocycles. The first kappa shape index (κ1) is 25.2. The van der Waals surface area contributed by atoms with Crippen LogP contribution in [0, 0.1) is 5.92 Å². The Kier molecular flexibility index (Phi) is 8.42. The van der Waals surface area contributed by atoms with E-state index >= 15 is 0 Å². The van der Waals surface area contributed by atoms with Gasteiger partial charge in [-0.25, -0.2) is 5.01 Å². The van der Waals surface area contributed by atoms with E-state index in [0.29, 0.717) is 24.6 Å². The second-order valence-corrected chi connectivity index (χ2v) is 9.40. The first-order valence-corrected chi connectivity index (χ1v) is 12.5. The molecule has 1 aliphatic carbocycles. The highest BCUT2D eigenvalue weighted by molar-refractivity contribution is 6.34. The summed E-state index contributed by atoms with van der Waals surface area (Å²) in [4.78, 5) is 28.5. The Bertz CT molecular complexity index is 1070. The molecule has 0 unspecified atom stereocenters. The van der Waals surface area contributed by atoms with Crippen LogP contribution in [-0.2, 0) is 14.3 Å². The molecule has 35 heavy (non-hydrogen) atoms. The van der Waals surface area contributed by atoms with Crippen molar-refractivity contribution in [2.45, 2.75) is 38.1 Å². The molecule has 1 atom stereocenters. The monoisotopic (exact) mass is 497 g/mol. The van der Waals surface area contributed by atoms with Crippen LogP contribution in [0.1, 0.15) is 49.3 Å². The third kappa shape index (κ3) is 5.85. The van der Waals surface area contributed by atoms with E-state index in [9.17, 15) is 9.59 Å². The van der Waals surface area contributed by atoms with Crippen LogP contribution in [0.4, 0.5) is 0 Å². The fourth-order valence-corrected chi connectivity index (χ4v) is 5.06. The molecule has 0 radical (unpaired) electrons. The molecule has 4 rings (SSSR count). The lowest BCUT2D eigenvalue weighted by Crippen LogP contribution is -2.44. The van der Waals surface area contributed by atoms with Crippen LogP contribution in [0.5, 0.6) is 5.75 Å². The molecule has 1 aliphatic heterocycles. The van der Waals surface area contributed by atoms with Crippen molar-refractivity contribution < 1.29 is 19.1 Å². The molecule has 1 heterocycles. The summed E-state index contributed by atoms with van der Waals surface area (Å²) in [6.07, 6.45) is 4.39. The number of methoxy groups -OCH3 is 2. The Morgan fingerprint density at radius 2 is 1.80 bits per heavy atom. The van der Waals surface area contributed by atoms with E-state index in [0.717, 1.165) is 48.3 Å². The van der Waals surface area contributed by atoms with Crippen molar-refractivity contribution in [1.29, 1.82) is 0 Å². The number of amides is 2. The molecule has 0 aromatic heterocycles. The quantitative estimate of drug-likeness (QED) is 0.504. The molecule has 2 aromatic carbocycles. The van der Waals surface area contributed by atoms with E-state index in [2.05, 4.69) is 0 Å². The van der Waals surface area contributed by atoms with Gasteiger partial charge in [-0.3, -0.25) is 9.59 Å². The molecule has 0 N–H and O–H groups in total. The minimum atomic E-state index is -0.300. The molecule has 0 saturated heterocycles. The largest absolute Gasteiger partial charge is 0.497 e. The molecule has 2 aromatic rings. The zero-order valence-electron chi connectivity index (χ0n) is 20.3. The van der Waals surface area contributed by atoms with E-state index in [1.807, 2.05) is 48.5 Å². The number of ether oxygens (including phenoxy) is 2. The number of halogens is 1. The Morgan fingerprint density at radius 1 is 1.09 bits per heavy atom. The van der Waals surface area contributed by atoms with E-state index in [-0.39, 0.29) is 30.3 Å². The predicted octanol–water partition coefficient (Wildman–Crippen LogP) is 4.69. The minimum absolute atomic E-state index is 0.0159. The van der Waals surface area contributed by atoms with Gasteiger partial charge in [0.25, 0.3) is 5.91 Å². The molecule has 8 heteroatoms. The molecular weight excluding hydrogens is 466 g/mol. The number of carbonyl (C=O) groups is 2. The summed E-state index contributed by atoms with van der Waals surface area (Å²) in [7, 11) is 3.22. The highest BCUT2D eigenvalue weighted by Gasteiger charge is 2.36. The highest BCUT2D eigenvalue weighted by Crippen LogP contribution is 2.35. The van der Waals surface area contributed by atoms with Gasteiger partial charge in [0.15, 0.2) is 0 Å². The van der Waals surface area contributed by atoms with Gasteiger partial charge in [0, 0.05) is 36.6 Å². The smallest absolute Gasteiger partial charge is 0.262 e. The first-order valence-electron chi connectivity index (χ1n) is 12.1. The summed E-state index contributed by atoms with van der Waals surface area (Å²) in [5.74, 6) is 0.529. The highest BCUT2D eigenvalue weighted by atomic mass is 35.5. The summed E-state index contributed by atoms with van der Waals surface area (Å²) in [5.41, 5.74) is 2.49. The lowest BCUT2D eigenvalue weighted by Gasteiger charge is -2.28. The Labute approximate surface area is 211 Å². The zero-order valence-corrected chi connectivity index (χ0v) is 21.0. The number of rotatable bonds is 9. The van der Waals surface area contributed by atoms with Crippen molar-refractivity contribution in [2.75, 3.05) is 33.9 Å². The molecule has 0 bridgehead atoms. The summed E-state index contributed by atoms with van der Waals surface area (Å²) in [6, 6.07) is 14.8. The molecule has 1 fully saturated rings. The number of hydrogen-bond acceptors (Lipinski definition) is 5. The van der Waals surface area contributed by atoms with Gasteiger partial charge in [0.2, 0.25) is 5.91 Å². The Morgan fingerprint density at radius 3 is 2.46 bits per heavy atom. The number of nitrogens with zero attached hydrogens (tertiary/aromatic N) is 3. The fourth-order valence-electron chi connectivity index (χ4n) is 4.82. The predicted molar refractivity (Wildman–Crippen MR) is 136 cm³/mol. The van der Waals surface area contributed by atoms with Crippen LogP contribution in [0.15, 0.2) is 53.6 Å². The van der Waals surface area contributed by atoms with E-state index in [4.69, 9.17) is 26.2 Å². The summed E-state index contributed by atoms with van der Waals surface area (Å²) in [6.45, 7) is 0.714. The van der Waals surface area contributed by atoms with Crippen molar-refractivity contribution in [3.05, 3.63) is 64.7 Å².